The first kappa shape index (κ1) is 31.5. The summed E-state index contributed by atoms with van der Waals surface area (Å²) in [5.74, 6) is -0.149. The van der Waals surface area contributed by atoms with Gasteiger partial charge in [-0.1, -0.05) is 12.1 Å². The van der Waals surface area contributed by atoms with E-state index in [1.165, 1.54) is 12.1 Å². The summed E-state index contributed by atoms with van der Waals surface area (Å²) in [5.41, 5.74) is 0.356. The van der Waals surface area contributed by atoms with Crippen LogP contribution in [0.3, 0.4) is 0 Å². The van der Waals surface area contributed by atoms with Gasteiger partial charge < -0.3 is 10.1 Å². The molecule has 0 bridgehead atoms. The van der Waals surface area contributed by atoms with E-state index in [4.69, 9.17) is 4.74 Å². The molecule has 212 valence electrons. The number of carbonyl (C=O) groups excluding carboxylic acids is 3. The SMILES string of the molecule is CC(=O)CN1CCN(CC(C)=O)CCN(CC(Cc2ccc([N+](=O)[O-])cc2)NCC(=O)OC(C)(C)C)CC1. The first-order valence-corrected chi connectivity index (χ1v) is 13.1. The predicted molar refractivity (Wildman–Crippen MR) is 145 cm³/mol. The Labute approximate surface area is 225 Å². The molecule has 1 atom stereocenters. The van der Waals surface area contributed by atoms with Crippen molar-refractivity contribution in [2.75, 3.05) is 65.4 Å². The van der Waals surface area contributed by atoms with Gasteiger partial charge in [0, 0.05) is 64.0 Å². The van der Waals surface area contributed by atoms with Crippen molar-refractivity contribution in [3.05, 3.63) is 39.9 Å². The van der Waals surface area contributed by atoms with E-state index in [1.54, 1.807) is 26.0 Å². The number of rotatable bonds is 12. The molecule has 0 amide bonds. The molecule has 1 heterocycles. The van der Waals surface area contributed by atoms with E-state index in [2.05, 4.69) is 20.0 Å². The minimum absolute atomic E-state index is 0.0307. The van der Waals surface area contributed by atoms with Crippen LogP contribution in [-0.4, -0.2) is 114 Å². The molecule has 1 N–H and O–H groups in total. The average molecular weight is 534 g/mol. The van der Waals surface area contributed by atoms with Gasteiger partial charge in [-0.15, -0.1) is 0 Å². The van der Waals surface area contributed by atoms with Crippen LogP contribution < -0.4 is 5.32 Å². The zero-order valence-corrected chi connectivity index (χ0v) is 23.4. The van der Waals surface area contributed by atoms with E-state index >= 15 is 0 Å². The van der Waals surface area contributed by atoms with E-state index in [0.717, 1.165) is 18.7 Å². The zero-order chi connectivity index (χ0) is 28.3. The Morgan fingerprint density at radius 2 is 1.39 bits per heavy atom. The van der Waals surface area contributed by atoms with Crippen molar-refractivity contribution in [3.8, 4) is 0 Å². The third-order valence-electron chi connectivity index (χ3n) is 6.15. The number of hydrogen-bond donors (Lipinski definition) is 1. The van der Waals surface area contributed by atoms with Gasteiger partial charge in [0.05, 0.1) is 24.6 Å². The highest BCUT2D eigenvalue weighted by atomic mass is 16.6. The van der Waals surface area contributed by atoms with Gasteiger partial charge in [0.1, 0.15) is 17.2 Å². The summed E-state index contributed by atoms with van der Waals surface area (Å²) >= 11 is 0. The minimum Gasteiger partial charge on any atom is -0.459 e. The van der Waals surface area contributed by atoms with Crippen LogP contribution in [0.2, 0.25) is 0 Å². The van der Waals surface area contributed by atoms with Crippen molar-refractivity contribution >= 4 is 23.2 Å². The number of nitrogens with one attached hydrogen (secondary N) is 1. The summed E-state index contributed by atoms with van der Waals surface area (Å²) in [6.07, 6.45) is 0.561. The van der Waals surface area contributed by atoms with Crippen molar-refractivity contribution in [3.63, 3.8) is 0 Å². The second-order valence-electron chi connectivity index (χ2n) is 11.0. The van der Waals surface area contributed by atoms with Crippen LogP contribution in [0.15, 0.2) is 24.3 Å². The Morgan fingerprint density at radius 1 is 0.921 bits per heavy atom. The lowest BCUT2D eigenvalue weighted by Crippen LogP contribution is -2.48. The first-order chi connectivity index (χ1) is 17.8. The molecule has 1 unspecified atom stereocenters. The maximum absolute atomic E-state index is 12.4. The molecule has 1 aromatic carbocycles. The van der Waals surface area contributed by atoms with E-state index < -0.39 is 10.5 Å². The summed E-state index contributed by atoms with van der Waals surface area (Å²) in [5, 5.41) is 14.4. The Kier molecular flexibility index (Phi) is 12.4. The first-order valence-electron chi connectivity index (χ1n) is 13.1. The summed E-state index contributed by atoms with van der Waals surface area (Å²) in [6.45, 7) is 14.3. The number of ether oxygens (including phenoxy) is 1. The highest BCUT2D eigenvalue weighted by Crippen LogP contribution is 2.14. The van der Waals surface area contributed by atoms with Crippen LogP contribution in [0.4, 0.5) is 5.69 Å². The van der Waals surface area contributed by atoms with E-state index in [9.17, 15) is 24.5 Å². The molecular weight excluding hydrogens is 490 g/mol. The molecule has 11 nitrogen and oxygen atoms in total. The molecule has 0 aromatic heterocycles. The lowest BCUT2D eigenvalue weighted by Gasteiger charge is -2.30. The largest absolute Gasteiger partial charge is 0.459 e. The molecule has 1 aliphatic heterocycles. The third-order valence-corrected chi connectivity index (χ3v) is 6.15. The zero-order valence-electron chi connectivity index (χ0n) is 23.4. The number of ketones is 2. The Bertz CT molecular complexity index is 918. The van der Waals surface area contributed by atoms with Crippen molar-refractivity contribution in [2.24, 2.45) is 0 Å². The lowest BCUT2D eigenvalue weighted by atomic mass is 10.0. The number of Topliss-reactive ketones (excluding diaryl/α,β-unsaturated/α-hetero) is 2. The normalized spacial score (nSPS) is 17.2. The maximum atomic E-state index is 12.4. The van der Waals surface area contributed by atoms with Crippen molar-refractivity contribution < 1.29 is 24.0 Å². The van der Waals surface area contributed by atoms with Gasteiger partial charge in [-0.2, -0.15) is 0 Å². The van der Waals surface area contributed by atoms with E-state index in [-0.39, 0.29) is 35.8 Å². The van der Waals surface area contributed by atoms with Crippen LogP contribution in [0.25, 0.3) is 0 Å². The Balaban J connectivity index is 2.17. The highest BCUT2D eigenvalue weighted by molar-refractivity contribution is 5.78. The summed E-state index contributed by atoms with van der Waals surface area (Å²) in [4.78, 5) is 53.2. The number of non-ortho nitro benzene ring substituents is 1. The molecule has 0 aliphatic carbocycles. The van der Waals surface area contributed by atoms with Crippen molar-refractivity contribution in [1.29, 1.82) is 0 Å². The molecule has 38 heavy (non-hydrogen) atoms. The third kappa shape index (κ3) is 12.7. The molecule has 1 fully saturated rings. The fourth-order valence-electron chi connectivity index (χ4n) is 4.47. The fraction of sp³-hybridized carbons (Fsp3) is 0.667. The van der Waals surface area contributed by atoms with Crippen LogP contribution in [0.5, 0.6) is 0 Å². The molecule has 1 saturated heterocycles. The Morgan fingerprint density at radius 3 is 1.82 bits per heavy atom. The lowest BCUT2D eigenvalue weighted by molar-refractivity contribution is -0.384. The average Bonchev–Trinajstić information content (AvgIpc) is 2.88. The molecule has 0 saturated carbocycles. The van der Waals surface area contributed by atoms with Gasteiger partial charge in [0.25, 0.3) is 5.69 Å². The number of nitrogens with zero attached hydrogens (tertiary/aromatic N) is 4. The highest BCUT2D eigenvalue weighted by Gasteiger charge is 2.23. The number of carbonyl (C=O) groups is 3. The Hall–Kier alpha value is -2.73. The second kappa shape index (κ2) is 15.0. The van der Waals surface area contributed by atoms with Gasteiger partial charge in [-0.25, -0.2) is 0 Å². The molecule has 1 aromatic rings. The molecule has 1 aliphatic rings. The maximum Gasteiger partial charge on any atom is 0.320 e. The van der Waals surface area contributed by atoms with E-state index in [1.807, 2.05) is 20.8 Å². The number of nitro benzene ring substituents is 1. The number of hydrogen-bond acceptors (Lipinski definition) is 10. The number of benzene rings is 1. The molecule has 0 spiro atoms. The van der Waals surface area contributed by atoms with Gasteiger partial charge in [-0.05, 0) is 46.6 Å². The van der Waals surface area contributed by atoms with Gasteiger partial charge in [-0.3, -0.25) is 39.2 Å². The minimum atomic E-state index is -0.589. The van der Waals surface area contributed by atoms with Crippen LogP contribution in [-0.2, 0) is 25.5 Å². The predicted octanol–water partition coefficient (Wildman–Crippen LogP) is 1.53. The molecule has 2 rings (SSSR count). The number of esters is 1. The molecular formula is C27H43N5O6. The van der Waals surface area contributed by atoms with Gasteiger partial charge in [0.2, 0.25) is 0 Å². The van der Waals surface area contributed by atoms with Gasteiger partial charge >= 0.3 is 5.97 Å². The standard InChI is InChI=1S/C27H43N5O6/c1-21(33)18-29-10-11-30(19-22(2)34)13-15-31(14-12-29)20-24(28-17-26(35)38-27(3,4)5)16-23-6-8-25(9-7-23)32(36)37/h6-9,24,28H,10-20H2,1-5H3. The van der Waals surface area contributed by atoms with Crippen LogP contribution in [0.1, 0.15) is 40.2 Å². The summed E-state index contributed by atoms with van der Waals surface area (Å²) < 4.78 is 5.46. The summed E-state index contributed by atoms with van der Waals surface area (Å²) in [6, 6.07) is 6.32. The topological polar surface area (TPSA) is 125 Å². The molecule has 11 heteroatoms. The second-order valence-corrected chi connectivity index (χ2v) is 11.0. The number of nitro groups is 1. The van der Waals surface area contributed by atoms with Gasteiger partial charge in [0.15, 0.2) is 0 Å². The fourth-order valence-corrected chi connectivity index (χ4v) is 4.47. The molecule has 0 radical (unpaired) electrons. The quantitative estimate of drug-likeness (QED) is 0.240. The van der Waals surface area contributed by atoms with Crippen LogP contribution >= 0.6 is 0 Å². The van der Waals surface area contributed by atoms with Crippen LogP contribution in [0, 0.1) is 10.1 Å². The van der Waals surface area contributed by atoms with E-state index in [0.29, 0.717) is 52.2 Å². The summed E-state index contributed by atoms with van der Waals surface area (Å²) in [7, 11) is 0. The smallest absolute Gasteiger partial charge is 0.320 e. The van der Waals surface area contributed by atoms with Crippen molar-refractivity contribution in [1.82, 2.24) is 20.0 Å². The van der Waals surface area contributed by atoms with Crippen molar-refractivity contribution in [2.45, 2.75) is 52.7 Å². The monoisotopic (exact) mass is 533 g/mol.